The molecule has 0 fully saturated rings. The summed E-state index contributed by atoms with van der Waals surface area (Å²) in [5, 5.41) is 4.05. The Balaban J connectivity index is 2.65. The fourth-order valence-corrected chi connectivity index (χ4v) is 1.76. The highest BCUT2D eigenvalue weighted by Crippen LogP contribution is 2.25. The Morgan fingerprint density at radius 2 is 2.00 bits per heavy atom. The molecule has 0 heterocycles. The van der Waals surface area contributed by atoms with Gasteiger partial charge in [-0.05, 0) is 30.5 Å². The molecule has 3 nitrogen and oxygen atoms in total. The highest BCUT2D eigenvalue weighted by Gasteiger charge is 2.18. The number of esters is 1. The molecule has 1 atom stereocenters. The Bertz CT molecular complexity index is 435. The van der Waals surface area contributed by atoms with Gasteiger partial charge in [-0.3, -0.25) is 0 Å². The summed E-state index contributed by atoms with van der Waals surface area (Å²) in [5.41, 5.74) is 0.753. The van der Waals surface area contributed by atoms with Crippen molar-refractivity contribution in [3.05, 3.63) is 28.2 Å². The maximum absolute atomic E-state index is 11.9. The van der Waals surface area contributed by atoms with E-state index >= 15 is 0 Å². The number of rotatable bonds is 6. The second-order valence-corrected chi connectivity index (χ2v) is 5.57. The van der Waals surface area contributed by atoms with Crippen LogP contribution >= 0.6 is 23.2 Å². The van der Waals surface area contributed by atoms with Crippen LogP contribution in [0.15, 0.2) is 18.2 Å². The Morgan fingerprint density at radius 3 is 2.53 bits per heavy atom. The van der Waals surface area contributed by atoms with Crippen LogP contribution in [0.25, 0.3) is 0 Å². The average Bonchev–Trinajstić information content (AvgIpc) is 2.37. The molecule has 1 rings (SSSR count). The van der Waals surface area contributed by atoms with Crippen molar-refractivity contribution in [3.8, 4) is 0 Å². The van der Waals surface area contributed by atoms with Crippen LogP contribution in [0.1, 0.15) is 27.2 Å². The molecular formula is C14H19Cl2NO2. The number of anilines is 1. The third-order valence-corrected chi connectivity index (χ3v) is 3.25. The molecule has 1 aromatic rings. The number of hydrogen-bond donors (Lipinski definition) is 1. The van der Waals surface area contributed by atoms with Crippen molar-refractivity contribution >= 4 is 34.9 Å². The van der Waals surface area contributed by atoms with E-state index in [1.807, 2.05) is 20.8 Å². The van der Waals surface area contributed by atoms with Crippen LogP contribution in [0, 0.1) is 5.92 Å². The summed E-state index contributed by atoms with van der Waals surface area (Å²) in [6.45, 7) is 6.35. The summed E-state index contributed by atoms with van der Waals surface area (Å²) in [5.74, 6) is 0.0775. The first kappa shape index (κ1) is 16.1. The van der Waals surface area contributed by atoms with Gasteiger partial charge in [-0.25, -0.2) is 4.79 Å². The zero-order valence-electron chi connectivity index (χ0n) is 11.4. The highest BCUT2D eigenvalue weighted by molar-refractivity contribution is 6.42. The van der Waals surface area contributed by atoms with Gasteiger partial charge in [-0.15, -0.1) is 0 Å². The number of benzene rings is 1. The van der Waals surface area contributed by atoms with Crippen LogP contribution < -0.4 is 5.32 Å². The molecule has 1 unspecified atom stereocenters. The minimum atomic E-state index is -0.379. The van der Waals surface area contributed by atoms with E-state index in [0.717, 1.165) is 5.69 Å². The van der Waals surface area contributed by atoms with E-state index in [2.05, 4.69) is 5.32 Å². The van der Waals surface area contributed by atoms with Crippen molar-refractivity contribution in [2.45, 2.75) is 33.2 Å². The highest BCUT2D eigenvalue weighted by atomic mass is 35.5. The summed E-state index contributed by atoms with van der Waals surface area (Å²) in [7, 11) is 0. The maximum Gasteiger partial charge on any atom is 0.328 e. The number of ether oxygens (including phenoxy) is 1. The van der Waals surface area contributed by atoms with Crippen molar-refractivity contribution in [2.24, 2.45) is 5.92 Å². The molecule has 0 aliphatic rings. The van der Waals surface area contributed by atoms with E-state index in [1.54, 1.807) is 18.2 Å². The molecule has 1 aromatic carbocycles. The standard InChI is InChI=1S/C14H19Cl2NO2/c1-4-13(14(18)19-8-9(2)3)17-10-5-6-11(15)12(16)7-10/h5-7,9,13,17H,4,8H2,1-3H3. The van der Waals surface area contributed by atoms with Crippen LogP contribution in [-0.4, -0.2) is 18.6 Å². The summed E-state index contributed by atoms with van der Waals surface area (Å²) >= 11 is 11.8. The summed E-state index contributed by atoms with van der Waals surface area (Å²) in [6, 6.07) is 4.80. The molecule has 1 N–H and O–H groups in total. The number of carbonyl (C=O) groups excluding carboxylic acids is 1. The first-order valence-corrected chi connectivity index (χ1v) is 7.07. The lowest BCUT2D eigenvalue weighted by atomic mass is 10.2. The minimum Gasteiger partial charge on any atom is -0.464 e. The summed E-state index contributed by atoms with van der Waals surface area (Å²) in [6.07, 6.45) is 0.636. The maximum atomic E-state index is 11.9. The van der Waals surface area contributed by atoms with Crippen LogP contribution in [-0.2, 0) is 9.53 Å². The molecule has 0 amide bonds. The van der Waals surface area contributed by atoms with Crippen molar-refractivity contribution in [3.63, 3.8) is 0 Å². The van der Waals surface area contributed by atoms with Gasteiger partial charge in [0.2, 0.25) is 0 Å². The number of hydrogen-bond acceptors (Lipinski definition) is 3. The number of halogens is 2. The third-order valence-electron chi connectivity index (χ3n) is 2.51. The Hall–Kier alpha value is -0.930. The van der Waals surface area contributed by atoms with Crippen molar-refractivity contribution < 1.29 is 9.53 Å². The average molecular weight is 304 g/mol. The Morgan fingerprint density at radius 1 is 1.32 bits per heavy atom. The van der Waals surface area contributed by atoms with E-state index in [-0.39, 0.29) is 12.0 Å². The van der Waals surface area contributed by atoms with Crippen molar-refractivity contribution in [1.29, 1.82) is 0 Å². The molecule has 19 heavy (non-hydrogen) atoms. The predicted molar refractivity (Wildman–Crippen MR) is 80.0 cm³/mol. The van der Waals surface area contributed by atoms with Gasteiger partial charge in [0.25, 0.3) is 0 Å². The summed E-state index contributed by atoms with van der Waals surface area (Å²) < 4.78 is 5.22. The molecule has 106 valence electrons. The van der Waals surface area contributed by atoms with E-state index in [9.17, 15) is 4.79 Å². The van der Waals surface area contributed by atoms with E-state index in [1.165, 1.54) is 0 Å². The van der Waals surface area contributed by atoms with E-state index in [4.69, 9.17) is 27.9 Å². The van der Waals surface area contributed by atoms with Crippen LogP contribution in [0.5, 0.6) is 0 Å². The van der Waals surface area contributed by atoms with Gasteiger partial charge in [-0.1, -0.05) is 44.0 Å². The topological polar surface area (TPSA) is 38.3 Å². The van der Waals surface area contributed by atoms with E-state index < -0.39 is 0 Å². The monoisotopic (exact) mass is 303 g/mol. The lowest BCUT2D eigenvalue weighted by Crippen LogP contribution is -2.31. The van der Waals surface area contributed by atoms with Gasteiger partial charge < -0.3 is 10.1 Å². The first-order valence-electron chi connectivity index (χ1n) is 6.32. The lowest BCUT2D eigenvalue weighted by molar-refractivity contribution is -0.145. The Labute approximate surface area is 124 Å². The van der Waals surface area contributed by atoms with Gasteiger partial charge in [-0.2, -0.15) is 0 Å². The molecule has 0 bridgehead atoms. The van der Waals surface area contributed by atoms with Crippen molar-refractivity contribution in [2.75, 3.05) is 11.9 Å². The lowest BCUT2D eigenvalue weighted by Gasteiger charge is -2.18. The zero-order valence-corrected chi connectivity index (χ0v) is 12.9. The van der Waals surface area contributed by atoms with Gasteiger partial charge in [0, 0.05) is 5.69 Å². The SMILES string of the molecule is CCC(Nc1ccc(Cl)c(Cl)c1)C(=O)OCC(C)C. The fraction of sp³-hybridized carbons (Fsp3) is 0.500. The fourth-order valence-electron chi connectivity index (χ4n) is 1.46. The van der Waals surface area contributed by atoms with Gasteiger partial charge in [0.1, 0.15) is 6.04 Å². The second kappa shape index (κ2) is 7.61. The zero-order chi connectivity index (χ0) is 14.4. The molecule has 0 aliphatic carbocycles. The molecule has 0 saturated heterocycles. The molecule has 0 aromatic heterocycles. The van der Waals surface area contributed by atoms with Crippen molar-refractivity contribution in [1.82, 2.24) is 0 Å². The van der Waals surface area contributed by atoms with Gasteiger partial charge >= 0.3 is 5.97 Å². The Kier molecular flexibility index (Phi) is 6.46. The third kappa shape index (κ3) is 5.29. The van der Waals surface area contributed by atoms with E-state index in [0.29, 0.717) is 29.0 Å². The number of carbonyl (C=O) groups is 1. The number of nitrogens with one attached hydrogen (secondary N) is 1. The second-order valence-electron chi connectivity index (χ2n) is 4.76. The quantitative estimate of drug-likeness (QED) is 0.792. The molecular weight excluding hydrogens is 285 g/mol. The summed E-state index contributed by atoms with van der Waals surface area (Å²) in [4.78, 5) is 11.9. The van der Waals surface area contributed by atoms with Crippen LogP contribution in [0.3, 0.4) is 0 Å². The largest absolute Gasteiger partial charge is 0.464 e. The molecule has 0 aliphatic heterocycles. The van der Waals surface area contributed by atoms with Crippen LogP contribution in [0.4, 0.5) is 5.69 Å². The normalized spacial score (nSPS) is 12.3. The van der Waals surface area contributed by atoms with Gasteiger partial charge in [0.15, 0.2) is 0 Å². The molecule has 0 radical (unpaired) electrons. The van der Waals surface area contributed by atoms with Crippen LogP contribution in [0.2, 0.25) is 10.0 Å². The molecule has 0 saturated carbocycles. The minimum absolute atomic E-state index is 0.248. The molecule has 0 spiro atoms. The first-order chi connectivity index (χ1) is 8.93. The molecule has 5 heteroatoms. The predicted octanol–water partition coefficient (Wildman–Crippen LogP) is 4.38. The van der Waals surface area contributed by atoms with Gasteiger partial charge in [0.05, 0.1) is 16.7 Å². The smallest absolute Gasteiger partial charge is 0.328 e.